The number of anilines is 2. The van der Waals surface area contributed by atoms with E-state index < -0.39 is 6.61 Å². The van der Waals surface area contributed by atoms with Crippen LogP contribution < -0.4 is 14.8 Å². The van der Waals surface area contributed by atoms with Crippen molar-refractivity contribution in [3.05, 3.63) is 72.3 Å². The third kappa shape index (κ3) is 5.69. The maximum Gasteiger partial charge on any atom is 0.248 e. The van der Waals surface area contributed by atoms with Crippen LogP contribution in [0.2, 0.25) is 0 Å². The van der Waals surface area contributed by atoms with E-state index in [1.165, 1.54) is 11.2 Å². The fraction of sp³-hybridized carbons (Fsp3) is 0.259. The molecule has 0 spiro atoms. The van der Waals surface area contributed by atoms with Crippen molar-refractivity contribution in [1.82, 2.24) is 19.9 Å². The number of benzene rings is 2. The van der Waals surface area contributed by atoms with E-state index in [0.29, 0.717) is 17.3 Å². The van der Waals surface area contributed by atoms with Crippen LogP contribution in [0.5, 0.6) is 17.2 Å². The molecule has 0 aliphatic rings. The molecular weight excluding hydrogens is 458 g/mol. The predicted octanol–water partition coefficient (Wildman–Crippen LogP) is 4.40. The van der Waals surface area contributed by atoms with Crippen molar-refractivity contribution in [2.24, 2.45) is 0 Å². The van der Waals surface area contributed by atoms with Gasteiger partial charge in [-0.1, -0.05) is 6.07 Å². The lowest BCUT2D eigenvalue weighted by molar-refractivity contribution is -0.135. The van der Waals surface area contributed by atoms with Crippen molar-refractivity contribution in [3.63, 3.8) is 0 Å². The highest BCUT2D eigenvalue weighted by atomic mass is 16.5. The molecular formula is C27H29N5O4. The summed E-state index contributed by atoms with van der Waals surface area (Å²) in [4.78, 5) is 26.3. The minimum atomic E-state index is -0.540. The van der Waals surface area contributed by atoms with E-state index in [2.05, 4.69) is 20.3 Å². The number of aromatic nitrogens is 3. The smallest absolute Gasteiger partial charge is 0.248 e. The van der Waals surface area contributed by atoms with E-state index in [0.717, 1.165) is 33.6 Å². The molecule has 0 saturated carbocycles. The SMILES string of the molecule is Cc1ccc(Oc2ccc(Nc3ncnc4cccc(OC[C@@H](C)N(C)C(=O)CO)c34)cc2C)cn1. The highest BCUT2D eigenvalue weighted by Gasteiger charge is 2.17. The molecule has 0 unspecified atom stereocenters. The zero-order valence-electron chi connectivity index (χ0n) is 20.7. The lowest BCUT2D eigenvalue weighted by Crippen LogP contribution is -2.40. The monoisotopic (exact) mass is 487 g/mol. The van der Waals surface area contributed by atoms with Gasteiger partial charge in [-0.3, -0.25) is 9.78 Å². The highest BCUT2D eigenvalue weighted by molar-refractivity contribution is 5.95. The molecule has 0 radical (unpaired) electrons. The molecule has 186 valence electrons. The molecule has 0 saturated heterocycles. The third-order valence-corrected chi connectivity index (χ3v) is 5.84. The Balaban J connectivity index is 1.55. The van der Waals surface area contributed by atoms with E-state index in [4.69, 9.17) is 14.6 Å². The predicted molar refractivity (Wildman–Crippen MR) is 138 cm³/mol. The first-order chi connectivity index (χ1) is 17.4. The van der Waals surface area contributed by atoms with E-state index in [-0.39, 0.29) is 18.6 Å². The maximum absolute atomic E-state index is 11.8. The van der Waals surface area contributed by atoms with Gasteiger partial charge in [-0.2, -0.15) is 0 Å². The summed E-state index contributed by atoms with van der Waals surface area (Å²) in [6.45, 7) is 5.46. The molecule has 0 aliphatic heterocycles. The topological polar surface area (TPSA) is 110 Å². The number of rotatable bonds is 9. The minimum absolute atomic E-state index is 0.236. The molecule has 9 heteroatoms. The van der Waals surface area contributed by atoms with Gasteiger partial charge >= 0.3 is 0 Å². The van der Waals surface area contributed by atoms with E-state index >= 15 is 0 Å². The summed E-state index contributed by atoms with van der Waals surface area (Å²) in [5, 5.41) is 13.2. The number of aliphatic hydroxyl groups is 1. The summed E-state index contributed by atoms with van der Waals surface area (Å²) in [7, 11) is 1.64. The number of nitrogens with one attached hydrogen (secondary N) is 1. The van der Waals surface area contributed by atoms with Crippen molar-refractivity contribution >= 4 is 28.3 Å². The number of aliphatic hydroxyl groups excluding tert-OH is 1. The van der Waals surface area contributed by atoms with Crippen LogP contribution in [0.3, 0.4) is 0 Å². The van der Waals surface area contributed by atoms with Crippen molar-refractivity contribution in [2.45, 2.75) is 26.8 Å². The Morgan fingerprint density at radius 3 is 2.64 bits per heavy atom. The first-order valence-electron chi connectivity index (χ1n) is 11.6. The Morgan fingerprint density at radius 1 is 1.08 bits per heavy atom. The van der Waals surface area contributed by atoms with Crippen molar-refractivity contribution in [3.8, 4) is 17.2 Å². The zero-order valence-corrected chi connectivity index (χ0v) is 20.7. The van der Waals surface area contributed by atoms with Crippen LogP contribution in [0, 0.1) is 13.8 Å². The number of carbonyl (C=O) groups is 1. The van der Waals surface area contributed by atoms with Gasteiger partial charge in [-0.25, -0.2) is 9.97 Å². The molecule has 2 aromatic heterocycles. The van der Waals surface area contributed by atoms with Gasteiger partial charge in [0.15, 0.2) is 0 Å². The number of carbonyl (C=O) groups excluding carboxylic acids is 1. The van der Waals surface area contributed by atoms with Gasteiger partial charge in [-0.15, -0.1) is 0 Å². The zero-order chi connectivity index (χ0) is 25.7. The maximum atomic E-state index is 11.8. The average molecular weight is 488 g/mol. The second kappa shape index (κ2) is 11.0. The van der Waals surface area contributed by atoms with Gasteiger partial charge < -0.3 is 24.8 Å². The van der Waals surface area contributed by atoms with Gasteiger partial charge in [0, 0.05) is 18.4 Å². The van der Waals surface area contributed by atoms with Crippen molar-refractivity contribution in [1.29, 1.82) is 0 Å². The largest absolute Gasteiger partial charge is 0.491 e. The van der Waals surface area contributed by atoms with E-state index in [1.54, 1.807) is 13.2 Å². The summed E-state index contributed by atoms with van der Waals surface area (Å²) in [5.74, 6) is 2.23. The number of ether oxygens (including phenoxy) is 2. The third-order valence-electron chi connectivity index (χ3n) is 5.84. The summed E-state index contributed by atoms with van der Waals surface area (Å²) in [6, 6.07) is 14.9. The summed E-state index contributed by atoms with van der Waals surface area (Å²) >= 11 is 0. The van der Waals surface area contributed by atoms with Crippen LogP contribution in [-0.4, -0.2) is 57.2 Å². The minimum Gasteiger partial charge on any atom is -0.491 e. The average Bonchev–Trinajstić information content (AvgIpc) is 2.89. The summed E-state index contributed by atoms with van der Waals surface area (Å²) < 4.78 is 12.0. The van der Waals surface area contributed by atoms with Gasteiger partial charge in [0.25, 0.3) is 0 Å². The Hall–Kier alpha value is -4.24. The number of nitrogens with zero attached hydrogens (tertiary/aromatic N) is 4. The lowest BCUT2D eigenvalue weighted by Gasteiger charge is -2.24. The van der Waals surface area contributed by atoms with Crippen molar-refractivity contribution in [2.75, 3.05) is 25.6 Å². The molecule has 4 rings (SSSR count). The molecule has 1 atom stereocenters. The molecule has 2 N–H and O–H groups in total. The highest BCUT2D eigenvalue weighted by Crippen LogP contribution is 2.33. The molecule has 0 fully saturated rings. The van der Waals surface area contributed by atoms with Gasteiger partial charge in [0.05, 0.1) is 23.1 Å². The second-order valence-electron chi connectivity index (χ2n) is 8.54. The standard InChI is InChI=1S/C27H29N5O4/c1-17-12-20(9-11-23(17)36-21-10-8-18(2)28-13-21)31-27-26-22(29-16-30-27)6-5-7-24(26)35-15-19(3)32(4)25(34)14-33/h5-13,16,19,33H,14-15H2,1-4H3,(H,29,30,31)/t19-/m1/s1. The number of hydrogen-bond acceptors (Lipinski definition) is 8. The van der Waals surface area contributed by atoms with Crippen molar-refractivity contribution < 1.29 is 19.4 Å². The Morgan fingerprint density at radius 2 is 1.92 bits per heavy atom. The summed E-state index contributed by atoms with van der Waals surface area (Å²) in [6.07, 6.45) is 3.20. The fourth-order valence-electron chi connectivity index (χ4n) is 3.59. The second-order valence-corrected chi connectivity index (χ2v) is 8.54. The number of fused-ring (bicyclic) bond motifs is 1. The quantitative estimate of drug-likeness (QED) is 0.358. The fourth-order valence-corrected chi connectivity index (χ4v) is 3.59. The molecule has 4 aromatic rings. The van der Waals surface area contributed by atoms with Crippen LogP contribution in [-0.2, 0) is 4.79 Å². The number of likely N-dealkylation sites (N-methyl/N-ethyl adjacent to an activating group) is 1. The Bertz CT molecular complexity index is 1360. The van der Waals surface area contributed by atoms with Gasteiger partial charge in [0.2, 0.25) is 5.91 Å². The van der Waals surface area contributed by atoms with Crippen LogP contribution in [0.25, 0.3) is 10.9 Å². The Kier molecular flexibility index (Phi) is 7.60. The lowest BCUT2D eigenvalue weighted by atomic mass is 10.1. The van der Waals surface area contributed by atoms with Crippen LogP contribution in [0.15, 0.2) is 61.1 Å². The molecule has 0 aliphatic carbocycles. The van der Waals surface area contributed by atoms with Crippen LogP contribution in [0.4, 0.5) is 11.5 Å². The number of pyridine rings is 1. The van der Waals surface area contributed by atoms with Crippen LogP contribution >= 0.6 is 0 Å². The van der Waals surface area contributed by atoms with Crippen LogP contribution in [0.1, 0.15) is 18.2 Å². The molecule has 0 bridgehead atoms. The number of aryl methyl sites for hydroxylation is 2. The normalized spacial score (nSPS) is 11.7. The van der Waals surface area contributed by atoms with E-state index in [1.807, 2.05) is 69.3 Å². The molecule has 2 aromatic carbocycles. The molecule has 9 nitrogen and oxygen atoms in total. The van der Waals surface area contributed by atoms with E-state index in [9.17, 15) is 4.79 Å². The molecule has 2 heterocycles. The Labute approximate surface area is 209 Å². The number of hydrogen-bond donors (Lipinski definition) is 2. The molecule has 1 amide bonds. The first kappa shape index (κ1) is 24.9. The number of amides is 1. The van der Waals surface area contributed by atoms with Gasteiger partial charge in [-0.05, 0) is 68.8 Å². The summed E-state index contributed by atoms with van der Waals surface area (Å²) in [5.41, 5.74) is 3.43. The molecule has 36 heavy (non-hydrogen) atoms. The first-order valence-corrected chi connectivity index (χ1v) is 11.6. The van der Waals surface area contributed by atoms with Gasteiger partial charge in [0.1, 0.15) is 42.6 Å².